The van der Waals surface area contributed by atoms with Crippen molar-refractivity contribution in [2.75, 3.05) is 13.9 Å². The van der Waals surface area contributed by atoms with Crippen molar-refractivity contribution in [3.05, 3.63) is 47.3 Å². The fourth-order valence-electron chi connectivity index (χ4n) is 2.72. The van der Waals surface area contributed by atoms with Crippen LogP contribution in [0.4, 0.5) is 4.39 Å². The van der Waals surface area contributed by atoms with E-state index in [2.05, 4.69) is 16.4 Å². The van der Waals surface area contributed by atoms with Gasteiger partial charge >= 0.3 is 5.91 Å². The van der Waals surface area contributed by atoms with Crippen molar-refractivity contribution in [1.29, 1.82) is 5.26 Å². The molecule has 0 bridgehead atoms. The van der Waals surface area contributed by atoms with Crippen molar-refractivity contribution < 1.29 is 18.3 Å². The van der Waals surface area contributed by atoms with Crippen LogP contribution in [0.2, 0.25) is 0 Å². The maximum Gasteiger partial charge on any atom is 0.306 e. The molecule has 0 radical (unpaired) electrons. The van der Waals surface area contributed by atoms with E-state index in [1.165, 1.54) is 7.05 Å². The van der Waals surface area contributed by atoms with Crippen LogP contribution in [-0.2, 0) is 0 Å². The highest BCUT2D eigenvalue weighted by atomic mass is 19.1. The van der Waals surface area contributed by atoms with E-state index in [0.717, 1.165) is 5.56 Å². The van der Waals surface area contributed by atoms with Gasteiger partial charge < -0.3 is 14.5 Å². The Morgan fingerprint density at radius 2 is 2.12 bits per heavy atom. The third kappa shape index (κ3) is 2.68. The van der Waals surface area contributed by atoms with Crippen LogP contribution in [0.1, 0.15) is 21.8 Å². The highest BCUT2D eigenvalue weighted by molar-refractivity contribution is 5.99. The highest BCUT2D eigenvalue weighted by Gasteiger charge is 2.26. The van der Waals surface area contributed by atoms with Crippen molar-refractivity contribution >= 4 is 17.0 Å². The molecule has 0 aliphatic heterocycles. The monoisotopic (exact) mass is 339 g/mol. The number of carbonyl (C=O) groups is 1. The van der Waals surface area contributed by atoms with E-state index in [1.54, 1.807) is 6.92 Å². The Morgan fingerprint density at radius 3 is 2.72 bits per heavy atom. The number of aromatic nitrogens is 1. The Bertz CT molecular complexity index is 990. The quantitative estimate of drug-likeness (QED) is 0.787. The molecule has 0 aliphatic carbocycles. The normalized spacial score (nSPS) is 10.5. The number of fused-ring (bicyclic) bond motifs is 1. The highest BCUT2D eigenvalue weighted by Crippen LogP contribution is 2.42. The van der Waals surface area contributed by atoms with Crippen molar-refractivity contribution in [3.63, 3.8) is 0 Å². The van der Waals surface area contributed by atoms with Gasteiger partial charge in [0.05, 0.1) is 5.56 Å². The predicted molar refractivity (Wildman–Crippen MR) is 88.9 cm³/mol. The number of oxazole rings is 1. The number of amides is 1. The van der Waals surface area contributed by atoms with E-state index < -0.39 is 12.8 Å². The molecule has 0 aliphatic rings. The van der Waals surface area contributed by atoms with E-state index >= 15 is 0 Å². The lowest BCUT2D eigenvalue weighted by atomic mass is 9.94. The van der Waals surface area contributed by atoms with Gasteiger partial charge in [-0.3, -0.25) is 4.79 Å². The summed E-state index contributed by atoms with van der Waals surface area (Å²) in [6, 6.07) is 11.2. The van der Waals surface area contributed by atoms with Gasteiger partial charge in [0.25, 0.3) is 5.89 Å². The molecule has 0 atom stereocenters. The van der Waals surface area contributed by atoms with Crippen molar-refractivity contribution in [1.82, 2.24) is 10.3 Å². The zero-order chi connectivity index (χ0) is 18.0. The van der Waals surface area contributed by atoms with Gasteiger partial charge in [-0.05, 0) is 18.1 Å². The maximum absolute atomic E-state index is 13.0. The van der Waals surface area contributed by atoms with E-state index in [9.17, 15) is 14.4 Å². The molecule has 0 spiro atoms. The molecule has 0 fully saturated rings. The second-order valence-electron chi connectivity index (χ2n) is 5.21. The van der Waals surface area contributed by atoms with E-state index in [-0.39, 0.29) is 28.3 Å². The van der Waals surface area contributed by atoms with Gasteiger partial charge in [0.2, 0.25) is 6.86 Å². The average Bonchev–Trinajstić information content (AvgIpc) is 3.07. The molecule has 6 nitrogen and oxygen atoms in total. The minimum absolute atomic E-state index is 0.0669. The van der Waals surface area contributed by atoms with Crippen LogP contribution in [0.15, 0.2) is 34.7 Å². The van der Waals surface area contributed by atoms with Crippen molar-refractivity contribution in [2.45, 2.75) is 6.92 Å². The minimum atomic E-state index is -1.09. The molecule has 3 aromatic rings. The summed E-state index contributed by atoms with van der Waals surface area (Å²) < 4.78 is 23.7. The molecular formula is C18H14FN3O3. The first-order valence-electron chi connectivity index (χ1n) is 7.45. The number of hydrogen-bond acceptors (Lipinski definition) is 5. The molecule has 1 heterocycles. The van der Waals surface area contributed by atoms with Gasteiger partial charge in [-0.15, -0.1) is 0 Å². The average molecular weight is 339 g/mol. The lowest BCUT2D eigenvalue weighted by Gasteiger charge is -2.14. The lowest BCUT2D eigenvalue weighted by molar-refractivity contribution is 0.0930. The fraction of sp³-hybridized carbons (Fsp3) is 0.167. The summed E-state index contributed by atoms with van der Waals surface area (Å²) in [7, 11) is 1.43. The predicted octanol–water partition coefficient (Wildman–Crippen LogP) is 3.34. The van der Waals surface area contributed by atoms with Crippen LogP contribution < -0.4 is 10.1 Å². The SMILES string of the molecule is CNC(=O)c1nc2c(C#N)c(C)c(-c3ccccc3)c(OCF)c2o1. The lowest BCUT2D eigenvalue weighted by Crippen LogP contribution is -2.17. The zero-order valence-corrected chi connectivity index (χ0v) is 13.6. The van der Waals surface area contributed by atoms with Crippen LogP contribution in [0.25, 0.3) is 22.2 Å². The van der Waals surface area contributed by atoms with Gasteiger partial charge in [-0.25, -0.2) is 9.37 Å². The molecule has 0 unspecified atom stereocenters. The molecule has 25 heavy (non-hydrogen) atoms. The number of nitrogens with one attached hydrogen (secondary N) is 1. The van der Waals surface area contributed by atoms with Gasteiger partial charge in [0.1, 0.15) is 11.6 Å². The Hall–Kier alpha value is -3.40. The smallest absolute Gasteiger partial charge is 0.306 e. The summed E-state index contributed by atoms with van der Waals surface area (Å²) in [4.78, 5) is 15.9. The third-order valence-corrected chi connectivity index (χ3v) is 3.84. The van der Waals surface area contributed by atoms with E-state index in [4.69, 9.17) is 9.15 Å². The maximum atomic E-state index is 13.0. The Kier molecular flexibility index (Phi) is 4.35. The summed E-state index contributed by atoms with van der Waals surface area (Å²) in [5.41, 5.74) is 2.32. The molecule has 1 N–H and O–H groups in total. The second kappa shape index (κ2) is 6.61. The number of hydrogen-bond donors (Lipinski definition) is 1. The third-order valence-electron chi connectivity index (χ3n) is 3.84. The summed E-state index contributed by atoms with van der Waals surface area (Å²) in [5.74, 6) is -0.657. The number of ether oxygens (including phenoxy) is 1. The largest absolute Gasteiger partial charge is 0.458 e. The molecule has 0 saturated heterocycles. The molecule has 0 saturated carbocycles. The first-order chi connectivity index (χ1) is 12.1. The Morgan fingerprint density at radius 1 is 1.40 bits per heavy atom. The standard InChI is InChI=1S/C18H14FN3O3/c1-10-12(8-20)14-16(25-18(22-14)17(23)21-2)15(24-9-19)13(10)11-6-4-3-5-7-11/h3-7H,9H2,1-2H3,(H,21,23). The van der Waals surface area contributed by atoms with Crippen LogP contribution >= 0.6 is 0 Å². The zero-order valence-electron chi connectivity index (χ0n) is 13.6. The van der Waals surface area contributed by atoms with Crippen LogP contribution in [0.3, 0.4) is 0 Å². The summed E-state index contributed by atoms with van der Waals surface area (Å²) in [6.07, 6.45) is 0. The van der Waals surface area contributed by atoms with Crippen LogP contribution in [0.5, 0.6) is 5.75 Å². The summed E-state index contributed by atoms with van der Waals surface area (Å²) in [6.45, 7) is 0.635. The Labute approximate surface area is 142 Å². The number of halogens is 1. The first kappa shape index (κ1) is 16.5. The van der Waals surface area contributed by atoms with Crippen molar-refractivity contribution in [3.8, 4) is 22.9 Å². The Balaban J connectivity index is 2.43. The van der Waals surface area contributed by atoms with Gasteiger partial charge in [-0.1, -0.05) is 30.3 Å². The van der Waals surface area contributed by atoms with Crippen molar-refractivity contribution in [2.24, 2.45) is 0 Å². The molecule has 3 rings (SSSR count). The fourth-order valence-corrected chi connectivity index (χ4v) is 2.72. The molecule has 1 amide bonds. The molecule has 126 valence electrons. The molecular weight excluding hydrogens is 325 g/mol. The van der Waals surface area contributed by atoms with Crippen LogP contribution in [0, 0.1) is 18.3 Å². The number of benzene rings is 2. The number of nitriles is 1. The number of rotatable bonds is 4. The minimum Gasteiger partial charge on any atom is -0.458 e. The van der Waals surface area contributed by atoms with Gasteiger partial charge in [0.15, 0.2) is 11.3 Å². The number of carbonyl (C=O) groups excluding carboxylic acids is 1. The molecule has 2 aromatic carbocycles. The summed E-state index contributed by atoms with van der Waals surface area (Å²) >= 11 is 0. The number of alkyl halides is 1. The van der Waals surface area contributed by atoms with Crippen LogP contribution in [-0.4, -0.2) is 24.8 Å². The van der Waals surface area contributed by atoms with E-state index in [0.29, 0.717) is 11.1 Å². The molecule has 1 aromatic heterocycles. The topological polar surface area (TPSA) is 88.2 Å². The second-order valence-corrected chi connectivity index (χ2v) is 5.21. The first-order valence-corrected chi connectivity index (χ1v) is 7.45. The summed E-state index contributed by atoms with van der Waals surface area (Å²) in [5, 5.41) is 12.0. The van der Waals surface area contributed by atoms with E-state index in [1.807, 2.05) is 30.3 Å². The van der Waals surface area contributed by atoms with Gasteiger partial charge in [-0.2, -0.15) is 5.26 Å². The number of nitrogens with zero attached hydrogens (tertiary/aromatic N) is 2. The molecule has 7 heteroatoms. The van der Waals surface area contributed by atoms with Gasteiger partial charge in [0, 0.05) is 12.6 Å².